The second-order valence-corrected chi connectivity index (χ2v) is 6.61. The predicted octanol–water partition coefficient (Wildman–Crippen LogP) is 2.20. The van der Waals surface area contributed by atoms with Crippen molar-refractivity contribution < 1.29 is 19.1 Å². The molecular formula is C19H26N2O4. The first-order valence-electron chi connectivity index (χ1n) is 8.68. The molecule has 6 nitrogen and oxygen atoms in total. The summed E-state index contributed by atoms with van der Waals surface area (Å²) in [6, 6.07) is 7.40. The number of esters is 1. The number of nitrogens with zero attached hydrogens (tertiary/aromatic N) is 1. The number of ether oxygens (including phenoxy) is 1. The quantitative estimate of drug-likeness (QED) is 0.768. The Morgan fingerprint density at radius 3 is 2.48 bits per heavy atom. The molecule has 0 radical (unpaired) electrons. The van der Waals surface area contributed by atoms with Crippen molar-refractivity contribution in [2.75, 3.05) is 18.6 Å². The van der Waals surface area contributed by atoms with E-state index in [9.17, 15) is 14.4 Å². The number of amides is 2. The molecule has 2 amide bonds. The van der Waals surface area contributed by atoms with Crippen LogP contribution in [0.1, 0.15) is 45.1 Å². The second-order valence-electron chi connectivity index (χ2n) is 6.61. The Bertz CT molecular complexity index is 641. The molecular weight excluding hydrogens is 320 g/mol. The van der Waals surface area contributed by atoms with Crippen LogP contribution in [-0.4, -0.2) is 37.0 Å². The van der Waals surface area contributed by atoms with Gasteiger partial charge in [0.25, 0.3) is 0 Å². The molecule has 0 bridgehead atoms. The van der Waals surface area contributed by atoms with Gasteiger partial charge in [-0.25, -0.2) is 4.79 Å². The van der Waals surface area contributed by atoms with E-state index in [1.807, 2.05) is 31.2 Å². The van der Waals surface area contributed by atoms with Crippen LogP contribution in [0, 0.1) is 0 Å². The van der Waals surface area contributed by atoms with E-state index in [4.69, 9.17) is 4.74 Å². The minimum atomic E-state index is -1.01. The van der Waals surface area contributed by atoms with Crippen LogP contribution < -0.4 is 10.2 Å². The maximum absolute atomic E-state index is 12.3. The second kappa shape index (κ2) is 8.14. The third-order valence-corrected chi connectivity index (χ3v) is 4.49. The lowest BCUT2D eigenvalue weighted by atomic mass is 9.95. The monoisotopic (exact) mass is 346 g/mol. The molecule has 1 aromatic carbocycles. The minimum Gasteiger partial charge on any atom is -0.467 e. The third-order valence-electron chi connectivity index (χ3n) is 4.49. The highest BCUT2D eigenvalue weighted by Crippen LogP contribution is 2.22. The highest BCUT2D eigenvalue weighted by molar-refractivity contribution is 5.95. The van der Waals surface area contributed by atoms with Crippen LogP contribution in [0.2, 0.25) is 0 Å². The number of anilines is 1. The molecule has 6 heteroatoms. The third kappa shape index (κ3) is 4.59. The number of methoxy groups -OCH3 is 1. The van der Waals surface area contributed by atoms with Gasteiger partial charge < -0.3 is 15.0 Å². The number of hydrogen-bond donors (Lipinski definition) is 1. The lowest BCUT2D eigenvalue weighted by molar-refractivity contribution is -0.150. The number of hydrogen-bond acceptors (Lipinski definition) is 4. The van der Waals surface area contributed by atoms with Gasteiger partial charge in [0.2, 0.25) is 11.8 Å². The molecule has 136 valence electrons. The number of nitrogens with one attached hydrogen (secondary N) is 1. The van der Waals surface area contributed by atoms with Crippen molar-refractivity contribution in [3.63, 3.8) is 0 Å². The van der Waals surface area contributed by atoms with Crippen molar-refractivity contribution in [3.05, 3.63) is 29.8 Å². The molecule has 0 spiro atoms. The first kappa shape index (κ1) is 19.0. The lowest BCUT2D eigenvalue weighted by Gasteiger charge is -2.27. The van der Waals surface area contributed by atoms with Crippen LogP contribution in [0.4, 0.5) is 5.69 Å². The fraction of sp³-hybridized carbons (Fsp3) is 0.526. The molecule has 0 aliphatic carbocycles. The van der Waals surface area contributed by atoms with E-state index in [1.54, 1.807) is 11.8 Å². The lowest BCUT2D eigenvalue weighted by Crippen LogP contribution is -2.53. The fourth-order valence-corrected chi connectivity index (χ4v) is 3.19. The molecule has 2 rings (SSSR count). The molecule has 1 aliphatic heterocycles. The highest BCUT2D eigenvalue weighted by Gasteiger charge is 2.35. The summed E-state index contributed by atoms with van der Waals surface area (Å²) < 4.78 is 4.81. The summed E-state index contributed by atoms with van der Waals surface area (Å²) >= 11 is 0. The highest BCUT2D eigenvalue weighted by atomic mass is 16.5. The van der Waals surface area contributed by atoms with Crippen molar-refractivity contribution in [3.8, 4) is 0 Å². The molecule has 1 fully saturated rings. The van der Waals surface area contributed by atoms with E-state index in [2.05, 4.69) is 5.32 Å². The number of carbonyl (C=O) groups is 3. The topological polar surface area (TPSA) is 75.7 Å². The van der Waals surface area contributed by atoms with Gasteiger partial charge in [-0.1, -0.05) is 25.5 Å². The van der Waals surface area contributed by atoms with E-state index >= 15 is 0 Å². The average Bonchev–Trinajstić information content (AvgIpc) is 3.00. The van der Waals surface area contributed by atoms with Crippen LogP contribution in [0.5, 0.6) is 0 Å². The van der Waals surface area contributed by atoms with Crippen LogP contribution in [-0.2, 0) is 25.5 Å². The molecule has 25 heavy (non-hydrogen) atoms. The molecule has 1 aliphatic rings. The zero-order valence-corrected chi connectivity index (χ0v) is 15.1. The van der Waals surface area contributed by atoms with Gasteiger partial charge in [-0.2, -0.15) is 0 Å². The number of carbonyl (C=O) groups excluding carboxylic acids is 3. The summed E-state index contributed by atoms with van der Waals surface area (Å²) in [6.07, 6.45) is 2.91. The normalized spacial score (nSPS) is 16.4. The Kier molecular flexibility index (Phi) is 6.17. The van der Waals surface area contributed by atoms with E-state index < -0.39 is 11.5 Å². The summed E-state index contributed by atoms with van der Waals surface area (Å²) in [7, 11) is 1.32. The maximum atomic E-state index is 12.3. The van der Waals surface area contributed by atoms with Gasteiger partial charge in [0.1, 0.15) is 5.54 Å². The first-order valence-corrected chi connectivity index (χ1v) is 8.68. The average molecular weight is 346 g/mol. The van der Waals surface area contributed by atoms with Crippen molar-refractivity contribution in [1.29, 1.82) is 0 Å². The number of rotatable bonds is 7. The summed E-state index contributed by atoms with van der Waals surface area (Å²) in [5.41, 5.74) is 0.677. The molecule has 1 N–H and O–H groups in total. The van der Waals surface area contributed by atoms with Gasteiger partial charge in [0, 0.05) is 18.7 Å². The summed E-state index contributed by atoms with van der Waals surface area (Å²) in [4.78, 5) is 37.8. The van der Waals surface area contributed by atoms with E-state index in [1.165, 1.54) is 7.11 Å². The van der Waals surface area contributed by atoms with Crippen LogP contribution in [0.15, 0.2) is 24.3 Å². The Morgan fingerprint density at radius 2 is 1.96 bits per heavy atom. The molecule has 1 unspecified atom stereocenters. The van der Waals surface area contributed by atoms with Crippen molar-refractivity contribution in [1.82, 2.24) is 5.32 Å². The van der Waals surface area contributed by atoms with E-state index in [0.717, 1.165) is 30.6 Å². The predicted molar refractivity (Wildman–Crippen MR) is 95.2 cm³/mol. The van der Waals surface area contributed by atoms with Crippen molar-refractivity contribution >= 4 is 23.5 Å². The fourth-order valence-electron chi connectivity index (χ4n) is 3.19. The standard InChI is InChI=1S/C19H26N2O4/c1-4-11-19(2,18(24)25-3)20-16(22)13-14-7-9-15(10-8-14)21-12-5-6-17(21)23/h7-10H,4-6,11-13H2,1-3H3,(H,20,22). The zero-order chi connectivity index (χ0) is 18.4. The summed E-state index contributed by atoms with van der Waals surface area (Å²) in [5, 5.41) is 2.79. The molecule has 1 saturated heterocycles. The summed E-state index contributed by atoms with van der Waals surface area (Å²) in [6.45, 7) is 4.38. The molecule has 1 aromatic rings. The van der Waals surface area contributed by atoms with Crippen molar-refractivity contribution in [2.45, 2.75) is 51.5 Å². The minimum absolute atomic E-state index is 0.138. The molecule has 0 saturated carbocycles. The molecule has 1 atom stereocenters. The van der Waals surface area contributed by atoms with Crippen molar-refractivity contribution in [2.24, 2.45) is 0 Å². The Hall–Kier alpha value is -2.37. The van der Waals surface area contributed by atoms with E-state index in [-0.39, 0.29) is 18.2 Å². The van der Waals surface area contributed by atoms with Gasteiger partial charge >= 0.3 is 5.97 Å². The van der Waals surface area contributed by atoms with Gasteiger partial charge in [-0.15, -0.1) is 0 Å². The Labute approximate surface area is 148 Å². The smallest absolute Gasteiger partial charge is 0.331 e. The molecule has 1 heterocycles. The van der Waals surface area contributed by atoms with Gasteiger partial charge in [0.15, 0.2) is 0 Å². The van der Waals surface area contributed by atoms with Gasteiger partial charge in [0.05, 0.1) is 13.5 Å². The Balaban J connectivity index is 2.00. The zero-order valence-electron chi connectivity index (χ0n) is 15.1. The SMILES string of the molecule is CCCC(C)(NC(=O)Cc1ccc(N2CCCC2=O)cc1)C(=O)OC. The largest absolute Gasteiger partial charge is 0.467 e. The van der Waals surface area contributed by atoms with Gasteiger partial charge in [-0.3, -0.25) is 9.59 Å². The van der Waals surface area contributed by atoms with Crippen LogP contribution >= 0.6 is 0 Å². The van der Waals surface area contributed by atoms with Gasteiger partial charge in [-0.05, 0) is 37.5 Å². The van der Waals surface area contributed by atoms with Crippen LogP contribution in [0.3, 0.4) is 0 Å². The summed E-state index contributed by atoms with van der Waals surface area (Å²) in [5.74, 6) is -0.532. The number of benzene rings is 1. The van der Waals surface area contributed by atoms with Crippen LogP contribution in [0.25, 0.3) is 0 Å². The van der Waals surface area contributed by atoms with E-state index in [0.29, 0.717) is 12.8 Å². The first-order chi connectivity index (χ1) is 11.9. The molecule has 0 aromatic heterocycles. The Morgan fingerprint density at radius 1 is 1.28 bits per heavy atom. The maximum Gasteiger partial charge on any atom is 0.331 e.